The van der Waals surface area contributed by atoms with Crippen LogP contribution in [0.2, 0.25) is 0 Å². The highest BCUT2D eigenvalue weighted by Crippen LogP contribution is 2.44. The number of benzene rings is 2. The van der Waals surface area contributed by atoms with Gasteiger partial charge in [-0.15, -0.1) is 0 Å². The summed E-state index contributed by atoms with van der Waals surface area (Å²) in [5.74, 6) is -3.56. The number of pyridine rings is 1. The van der Waals surface area contributed by atoms with Crippen molar-refractivity contribution >= 4 is 22.8 Å². The Morgan fingerprint density at radius 2 is 1.68 bits per heavy atom. The Hall–Kier alpha value is -3.94. The third-order valence-corrected chi connectivity index (χ3v) is 6.86. The molecule has 0 N–H and O–H groups in total. The Bertz CT molecular complexity index is 1420. The van der Waals surface area contributed by atoms with Gasteiger partial charge in [-0.25, -0.2) is 9.59 Å². The van der Waals surface area contributed by atoms with Crippen LogP contribution in [-0.4, -0.2) is 27.7 Å². The molecule has 0 atom stereocenters. The molecule has 0 spiro atoms. The minimum Gasteiger partial charge on any atom is -0.383 e. The number of esters is 2. The maximum absolute atomic E-state index is 12.7. The predicted octanol–water partition coefficient (Wildman–Crippen LogP) is 7.05. The lowest BCUT2D eigenvalue weighted by Gasteiger charge is -2.23. The fourth-order valence-corrected chi connectivity index (χ4v) is 5.23. The normalized spacial score (nSPS) is 14.6. The smallest absolute Gasteiger partial charge is 0.383 e. The van der Waals surface area contributed by atoms with Crippen molar-refractivity contribution in [3.63, 3.8) is 0 Å². The fourth-order valence-electron chi connectivity index (χ4n) is 5.23. The summed E-state index contributed by atoms with van der Waals surface area (Å²) in [6.45, 7) is 0.397. The number of nitrogens with zero attached hydrogens (tertiary/aromatic N) is 2. The van der Waals surface area contributed by atoms with Crippen LogP contribution in [0.4, 0.5) is 13.2 Å². The Balaban J connectivity index is 1.71. The van der Waals surface area contributed by atoms with E-state index in [1.54, 1.807) is 12.3 Å². The summed E-state index contributed by atoms with van der Waals surface area (Å²) >= 11 is 0. The molecular formula is C29H25F3N2O3. The summed E-state index contributed by atoms with van der Waals surface area (Å²) in [6.07, 6.45) is 1.95. The Labute approximate surface area is 211 Å². The molecule has 0 amide bonds. The van der Waals surface area contributed by atoms with Crippen molar-refractivity contribution in [3.8, 4) is 11.3 Å². The third kappa shape index (κ3) is 5.14. The van der Waals surface area contributed by atoms with Gasteiger partial charge in [-0.2, -0.15) is 13.2 Å². The van der Waals surface area contributed by atoms with E-state index >= 15 is 0 Å². The number of rotatable bonds is 5. The molecule has 0 aliphatic heterocycles. The van der Waals surface area contributed by atoms with Gasteiger partial charge < -0.3 is 9.30 Å². The molecule has 190 valence electrons. The van der Waals surface area contributed by atoms with E-state index in [0.29, 0.717) is 18.0 Å². The number of carbonyl (C=O) groups excluding carboxylic acids is 2. The molecule has 8 heteroatoms. The molecule has 4 aromatic rings. The lowest BCUT2D eigenvalue weighted by molar-refractivity contribution is -0.193. The van der Waals surface area contributed by atoms with Crippen LogP contribution in [-0.2, 0) is 16.1 Å². The Morgan fingerprint density at radius 1 is 0.946 bits per heavy atom. The molecule has 2 aromatic heterocycles. The summed E-state index contributed by atoms with van der Waals surface area (Å²) in [6, 6.07) is 20.3. The van der Waals surface area contributed by atoms with Gasteiger partial charge in [0, 0.05) is 11.6 Å². The van der Waals surface area contributed by atoms with E-state index in [1.165, 1.54) is 24.1 Å². The number of aromatic nitrogens is 2. The van der Waals surface area contributed by atoms with Gasteiger partial charge in [-0.05, 0) is 54.2 Å². The number of alkyl halides is 3. The average Bonchev–Trinajstić information content (AvgIpc) is 3.23. The van der Waals surface area contributed by atoms with Gasteiger partial charge in [0.25, 0.3) is 0 Å². The highest BCUT2D eigenvalue weighted by molar-refractivity contribution is 6.02. The monoisotopic (exact) mass is 506 g/mol. The second-order valence-corrected chi connectivity index (χ2v) is 9.28. The van der Waals surface area contributed by atoms with Gasteiger partial charge in [0.1, 0.15) is 0 Å². The van der Waals surface area contributed by atoms with Gasteiger partial charge in [-0.1, -0.05) is 61.7 Å². The highest BCUT2D eigenvalue weighted by Gasteiger charge is 2.42. The van der Waals surface area contributed by atoms with E-state index in [9.17, 15) is 22.8 Å². The zero-order chi connectivity index (χ0) is 26.0. The van der Waals surface area contributed by atoms with Gasteiger partial charge in [0.2, 0.25) is 0 Å². The topological polar surface area (TPSA) is 61.2 Å². The third-order valence-electron chi connectivity index (χ3n) is 6.86. The van der Waals surface area contributed by atoms with Crippen molar-refractivity contribution in [3.05, 3.63) is 89.7 Å². The number of ether oxygens (including phenoxy) is 1. The quantitative estimate of drug-likeness (QED) is 0.215. The molecule has 2 heterocycles. The first-order chi connectivity index (χ1) is 17.8. The van der Waals surface area contributed by atoms with E-state index in [1.807, 2.05) is 48.5 Å². The van der Waals surface area contributed by atoms with Crippen LogP contribution in [0.25, 0.3) is 22.2 Å². The lowest BCUT2D eigenvalue weighted by atomic mass is 9.82. The number of fused-ring (bicyclic) bond motifs is 1. The van der Waals surface area contributed by atoms with Gasteiger partial charge in [-0.3, -0.25) is 4.98 Å². The first-order valence-electron chi connectivity index (χ1n) is 12.3. The maximum atomic E-state index is 12.7. The second-order valence-electron chi connectivity index (χ2n) is 9.28. The van der Waals surface area contributed by atoms with Crippen molar-refractivity contribution in [2.75, 3.05) is 0 Å². The molecule has 0 unspecified atom stereocenters. The van der Waals surface area contributed by atoms with E-state index in [4.69, 9.17) is 0 Å². The van der Waals surface area contributed by atoms with Crippen molar-refractivity contribution in [1.82, 2.24) is 9.55 Å². The van der Waals surface area contributed by atoms with Crippen LogP contribution < -0.4 is 0 Å². The summed E-state index contributed by atoms with van der Waals surface area (Å²) < 4.78 is 44.3. The van der Waals surface area contributed by atoms with Crippen LogP contribution in [0, 0.1) is 0 Å². The summed E-state index contributed by atoms with van der Waals surface area (Å²) in [4.78, 5) is 28.3. The molecule has 37 heavy (non-hydrogen) atoms. The van der Waals surface area contributed by atoms with Crippen LogP contribution in [0.15, 0.2) is 72.9 Å². The number of hydrogen-bond donors (Lipinski definition) is 0. The van der Waals surface area contributed by atoms with Crippen molar-refractivity contribution in [2.24, 2.45) is 0 Å². The molecule has 1 aliphatic rings. The molecule has 0 saturated heterocycles. The van der Waals surface area contributed by atoms with Crippen LogP contribution >= 0.6 is 0 Å². The molecule has 1 saturated carbocycles. The van der Waals surface area contributed by atoms with Gasteiger partial charge in [0.05, 0.1) is 29.0 Å². The molecule has 1 fully saturated rings. The lowest BCUT2D eigenvalue weighted by Crippen LogP contribution is -2.28. The maximum Gasteiger partial charge on any atom is 0.491 e. The second kappa shape index (κ2) is 10.2. The number of hydrogen-bond acceptors (Lipinski definition) is 4. The predicted molar refractivity (Wildman–Crippen MR) is 133 cm³/mol. The summed E-state index contributed by atoms with van der Waals surface area (Å²) in [7, 11) is 0. The zero-order valence-electron chi connectivity index (χ0n) is 20.0. The van der Waals surface area contributed by atoms with Gasteiger partial charge >= 0.3 is 18.1 Å². The average molecular weight is 507 g/mol. The number of halogens is 3. The largest absolute Gasteiger partial charge is 0.491 e. The fraction of sp³-hybridized carbons (Fsp3) is 0.276. The minimum atomic E-state index is -5.26. The van der Waals surface area contributed by atoms with Crippen molar-refractivity contribution in [1.29, 1.82) is 0 Å². The number of carbonyl (C=O) groups is 2. The van der Waals surface area contributed by atoms with Crippen LogP contribution in [0.5, 0.6) is 0 Å². The van der Waals surface area contributed by atoms with E-state index < -0.39 is 18.1 Å². The first kappa shape index (κ1) is 24.7. The molecule has 0 bridgehead atoms. The van der Waals surface area contributed by atoms with Crippen molar-refractivity contribution < 1.29 is 27.5 Å². The molecule has 5 rings (SSSR count). The Morgan fingerprint density at radius 3 is 2.35 bits per heavy atom. The first-order valence-corrected chi connectivity index (χ1v) is 12.3. The molecule has 5 nitrogen and oxygen atoms in total. The van der Waals surface area contributed by atoms with E-state index in [2.05, 4.69) is 14.3 Å². The SMILES string of the molecule is O=C(OC(=O)C(F)(F)F)c1ccc2c(C3CCCCC3)c(-c3ccccc3)n(Cc3ccccn3)c2c1. The standard InChI is InChI=1S/C29H25F3N2O3/c30-29(31,32)28(36)37-27(35)21-14-15-23-24(17-21)34(18-22-13-7-8-16-33-22)26(20-11-5-2-6-12-20)25(23)19-9-3-1-4-10-19/h2,5-8,11-17,19H,1,3-4,9-10,18H2. The molecular weight excluding hydrogens is 481 g/mol. The molecule has 2 aromatic carbocycles. The van der Waals surface area contributed by atoms with Gasteiger partial charge in [0.15, 0.2) is 0 Å². The van der Waals surface area contributed by atoms with E-state index in [-0.39, 0.29) is 5.56 Å². The molecule has 1 aliphatic carbocycles. The summed E-state index contributed by atoms with van der Waals surface area (Å²) in [5, 5.41) is 0.931. The van der Waals surface area contributed by atoms with E-state index in [0.717, 1.165) is 48.0 Å². The Kier molecular flexibility index (Phi) is 6.82. The minimum absolute atomic E-state index is 0.125. The molecule has 0 radical (unpaired) electrons. The zero-order valence-corrected chi connectivity index (χ0v) is 20.0. The van der Waals surface area contributed by atoms with Crippen molar-refractivity contribution in [2.45, 2.75) is 50.7 Å². The summed E-state index contributed by atoms with van der Waals surface area (Å²) in [5.41, 5.74) is 4.53. The van der Waals surface area contributed by atoms with Crippen LogP contribution in [0.3, 0.4) is 0 Å². The highest BCUT2D eigenvalue weighted by atomic mass is 19.4. The van der Waals surface area contributed by atoms with Crippen LogP contribution in [0.1, 0.15) is 59.6 Å².